The predicted octanol–water partition coefficient (Wildman–Crippen LogP) is 2.95. The van der Waals surface area contributed by atoms with Gasteiger partial charge < -0.3 is 15.0 Å². The highest BCUT2D eigenvalue weighted by Crippen LogP contribution is 2.32. The summed E-state index contributed by atoms with van der Waals surface area (Å²) in [6, 6.07) is 7.95. The molecule has 3 heterocycles. The number of ether oxygens (including phenoxy) is 1. The zero-order chi connectivity index (χ0) is 25.9. The van der Waals surface area contributed by atoms with E-state index in [9.17, 15) is 9.59 Å². The summed E-state index contributed by atoms with van der Waals surface area (Å²) in [6.07, 6.45) is 10.9. The van der Waals surface area contributed by atoms with Crippen LogP contribution in [-0.2, 0) is 16.9 Å². The molecule has 1 atom stereocenters. The average molecular weight is 487 g/mol. The van der Waals surface area contributed by atoms with E-state index >= 15 is 0 Å². The molecule has 9 nitrogen and oxygen atoms in total. The Morgan fingerprint density at radius 2 is 2.08 bits per heavy atom. The van der Waals surface area contributed by atoms with Crippen molar-refractivity contribution in [3.63, 3.8) is 0 Å². The first-order chi connectivity index (χ1) is 17.2. The first-order valence-corrected chi connectivity index (χ1v) is 11.8. The maximum Gasteiger partial charge on any atom is 0.298 e. The van der Waals surface area contributed by atoms with E-state index in [1.807, 2.05) is 45.9 Å². The SMILES string of the molecule is C#CC(=O)N1CCC(Oc2cnccc2-c2ccc(CNC(=O)c3cn(C(C)(C)C)nn3)c(C)c2)C1. The molecular formula is C27H30N6O3. The van der Waals surface area contributed by atoms with Gasteiger partial charge in [-0.2, -0.15) is 0 Å². The molecule has 0 bridgehead atoms. The van der Waals surface area contributed by atoms with E-state index in [4.69, 9.17) is 11.2 Å². The van der Waals surface area contributed by atoms with E-state index in [2.05, 4.69) is 32.6 Å². The van der Waals surface area contributed by atoms with Gasteiger partial charge >= 0.3 is 0 Å². The van der Waals surface area contributed by atoms with Crippen LogP contribution in [0.5, 0.6) is 5.75 Å². The van der Waals surface area contributed by atoms with Gasteiger partial charge in [0.15, 0.2) is 5.69 Å². The number of carbonyl (C=O) groups excluding carboxylic acids is 2. The minimum atomic E-state index is -0.315. The molecule has 1 saturated heterocycles. The Hall–Kier alpha value is -4.19. The molecule has 1 aliphatic rings. The molecule has 1 fully saturated rings. The molecule has 36 heavy (non-hydrogen) atoms. The Balaban J connectivity index is 1.43. The number of carbonyl (C=O) groups is 2. The smallest absolute Gasteiger partial charge is 0.298 e. The molecule has 186 valence electrons. The summed E-state index contributed by atoms with van der Waals surface area (Å²) in [5.74, 6) is 2.23. The second-order valence-corrected chi connectivity index (χ2v) is 9.84. The highest BCUT2D eigenvalue weighted by molar-refractivity contribution is 5.93. The highest BCUT2D eigenvalue weighted by Gasteiger charge is 2.27. The second kappa shape index (κ2) is 10.2. The van der Waals surface area contributed by atoms with Crippen molar-refractivity contribution in [2.75, 3.05) is 13.1 Å². The molecule has 1 aromatic carbocycles. The topological polar surface area (TPSA) is 102 Å². The quantitative estimate of drug-likeness (QED) is 0.538. The molecule has 1 unspecified atom stereocenters. The van der Waals surface area contributed by atoms with Gasteiger partial charge in [-0.15, -0.1) is 11.5 Å². The predicted molar refractivity (Wildman–Crippen MR) is 135 cm³/mol. The van der Waals surface area contributed by atoms with Gasteiger partial charge in [0.05, 0.1) is 24.5 Å². The number of likely N-dealkylation sites (tertiary alicyclic amines) is 1. The first kappa shape index (κ1) is 24.9. The number of nitrogens with zero attached hydrogens (tertiary/aromatic N) is 5. The van der Waals surface area contributed by atoms with Gasteiger partial charge in [-0.25, -0.2) is 4.68 Å². The molecule has 9 heteroatoms. The number of nitrogens with one attached hydrogen (secondary N) is 1. The number of aryl methyl sites for hydroxylation is 1. The minimum Gasteiger partial charge on any atom is -0.486 e. The van der Waals surface area contributed by atoms with Crippen molar-refractivity contribution in [2.24, 2.45) is 0 Å². The molecule has 0 saturated carbocycles. The molecule has 1 N–H and O–H groups in total. The van der Waals surface area contributed by atoms with Crippen molar-refractivity contribution in [1.29, 1.82) is 0 Å². The molecule has 0 spiro atoms. The first-order valence-electron chi connectivity index (χ1n) is 11.8. The summed E-state index contributed by atoms with van der Waals surface area (Å²) >= 11 is 0. The Bertz CT molecular complexity index is 1320. The number of aromatic nitrogens is 4. The number of hydrogen-bond acceptors (Lipinski definition) is 6. The van der Waals surface area contributed by atoms with Crippen molar-refractivity contribution >= 4 is 11.8 Å². The van der Waals surface area contributed by atoms with Crippen LogP contribution < -0.4 is 10.1 Å². The van der Waals surface area contributed by atoms with Gasteiger partial charge in [-0.1, -0.05) is 23.4 Å². The van der Waals surface area contributed by atoms with Crippen molar-refractivity contribution < 1.29 is 14.3 Å². The largest absolute Gasteiger partial charge is 0.486 e. The van der Waals surface area contributed by atoms with Crippen LogP contribution in [0, 0.1) is 19.3 Å². The Morgan fingerprint density at radius 3 is 2.78 bits per heavy atom. The summed E-state index contributed by atoms with van der Waals surface area (Å²) < 4.78 is 7.89. The lowest BCUT2D eigenvalue weighted by Crippen LogP contribution is -2.29. The normalized spacial score (nSPS) is 15.4. The standard InChI is InChI=1S/C27H30N6O3/c1-6-25(34)32-12-10-21(16-32)36-24-15-28-11-9-22(24)19-7-8-20(18(2)13-19)14-29-26(35)23-17-33(31-30-23)27(3,4)5/h1,7-9,11,13,15,17,21H,10,12,14,16H2,2-5H3,(H,29,35). The third kappa shape index (κ3) is 5.54. The molecule has 0 aliphatic carbocycles. The van der Waals surface area contributed by atoms with Crippen LogP contribution in [0.4, 0.5) is 0 Å². The van der Waals surface area contributed by atoms with Gasteiger partial charge in [0.25, 0.3) is 11.8 Å². The van der Waals surface area contributed by atoms with E-state index in [0.717, 1.165) is 22.3 Å². The Kier molecular flexibility index (Phi) is 7.06. The maximum atomic E-state index is 12.6. The summed E-state index contributed by atoms with van der Waals surface area (Å²) in [5, 5.41) is 11.0. The van der Waals surface area contributed by atoms with Crippen LogP contribution in [0.1, 0.15) is 48.8 Å². The van der Waals surface area contributed by atoms with E-state index in [1.54, 1.807) is 28.2 Å². The van der Waals surface area contributed by atoms with Gasteiger partial charge in [-0.3, -0.25) is 14.6 Å². The monoisotopic (exact) mass is 486 g/mol. The minimum absolute atomic E-state index is 0.142. The van der Waals surface area contributed by atoms with Crippen LogP contribution in [0.2, 0.25) is 0 Å². The fraction of sp³-hybridized carbons (Fsp3) is 0.370. The van der Waals surface area contributed by atoms with Crippen molar-refractivity contribution in [2.45, 2.75) is 52.3 Å². The fourth-order valence-corrected chi connectivity index (χ4v) is 4.02. The van der Waals surface area contributed by atoms with E-state index in [-0.39, 0.29) is 29.2 Å². The van der Waals surface area contributed by atoms with Crippen LogP contribution in [0.15, 0.2) is 42.9 Å². The molecule has 0 radical (unpaired) electrons. The Labute approximate surface area is 210 Å². The molecule has 3 aromatic rings. The van der Waals surface area contributed by atoms with Gasteiger partial charge in [0.1, 0.15) is 11.9 Å². The maximum absolute atomic E-state index is 12.6. The third-order valence-electron chi connectivity index (χ3n) is 6.14. The number of rotatable bonds is 6. The lowest BCUT2D eigenvalue weighted by atomic mass is 10.00. The number of amides is 2. The van der Waals surface area contributed by atoms with Gasteiger partial charge in [0.2, 0.25) is 0 Å². The van der Waals surface area contributed by atoms with Crippen LogP contribution in [0.3, 0.4) is 0 Å². The zero-order valence-corrected chi connectivity index (χ0v) is 21.0. The summed E-state index contributed by atoms with van der Waals surface area (Å²) in [6.45, 7) is 9.40. The number of benzene rings is 1. The lowest BCUT2D eigenvalue weighted by molar-refractivity contribution is -0.124. The molecule has 2 amide bonds. The third-order valence-corrected chi connectivity index (χ3v) is 6.14. The van der Waals surface area contributed by atoms with Crippen LogP contribution in [-0.4, -0.2) is 55.9 Å². The van der Waals surface area contributed by atoms with Crippen molar-refractivity contribution in [3.8, 4) is 29.2 Å². The van der Waals surface area contributed by atoms with E-state index in [0.29, 0.717) is 31.8 Å². The lowest BCUT2D eigenvalue weighted by Gasteiger charge is -2.18. The molecule has 1 aliphatic heterocycles. The van der Waals surface area contributed by atoms with Gasteiger partial charge in [-0.05, 0) is 56.4 Å². The highest BCUT2D eigenvalue weighted by atomic mass is 16.5. The summed E-state index contributed by atoms with van der Waals surface area (Å²) in [5.41, 5.74) is 3.94. The van der Waals surface area contributed by atoms with E-state index in [1.165, 1.54) is 0 Å². The molecule has 4 rings (SSSR count). The second-order valence-electron chi connectivity index (χ2n) is 9.84. The number of terminal acetylenes is 1. The molecular weight excluding hydrogens is 456 g/mol. The Morgan fingerprint density at radius 1 is 1.28 bits per heavy atom. The van der Waals surface area contributed by atoms with E-state index < -0.39 is 0 Å². The van der Waals surface area contributed by atoms with Gasteiger partial charge in [0, 0.05) is 31.3 Å². The molecule has 2 aromatic heterocycles. The summed E-state index contributed by atoms with van der Waals surface area (Å²) in [4.78, 5) is 30.2. The zero-order valence-electron chi connectivity index (χ0n) is 21.0. The van der Waals surface area contributed by atoms with Crippen LogP contribution in [0.25, 0.3) is 11.1 Å². The number of hydrogen-bond donors (Lipinski definition) is 1. The van der Waals surface area contributed by atoms with Crippen molar-refractivity contribution in [3.05, 3.63) is 59.7 Å². The average Bonchev–Trinajstić information content (AvgIpc) is 3.53. The summed E-state index contributed by atoms with van der Waals surface area (Å²) in [7, 11) is 0. The fourth-order valence-electron chi connectivity index (χ4n) is 4.02. The van der Waals surface area contributed by atoms with Crippen LogP contribution >= 0.6 is 0 Å². The number of pyridine rings is 1. The van der Waals surface area contributed by atoms with Crippen molar-refractivity contribution in [1.82, 2.24) is 30.2 Å².